The third kappa shape index (κ3) is 2.41. The molecule has 6 heteroatoms. The van der Waals surface area contributed by atoms with Crippen molar-refractivity contribution >= 4 is 11.9 Å². The van der Waals surface area contributed by atoms with E-state index >= 15 is 0 Å². The second kappa shape index (κ2) is 4.37. The van der Waals surface area contributed by atoms with Gasteiger partial charge in [-0.25, -0.2) is 4.98 Å². The molecule has 2 N–H and O–H groups in total. The van der Waals surface area contributed by atoms with Gasteiger partial charge >= 0.3 is 0 Å². The van der Waals surface area contributed by atoms with Crippen molar-refractivity contribution in [1.29, 1.82) is 0 Å². The fourth-order valence-corrected chi connectivity index (χ4v) is 1.84. The lowest BCUT2D eigenvalue weighted by Gasteiger charge is -2.22. The zero-order valence-corrected chi connectivity index (χ0v) is 10.4. The predicted molar refractivity (Wildman–Crippen MR) is 63.6 cm³/mol. The van der Waals surface area contributed by atoms with Crippen molar-refractivity contribution in [1.82, 2.24) is 20.5 Å². The Hall–Kier alpha value is -1.56. The first-order valence-corrected chi connectivity index (χ1v) is 5.76. The van der Waals surface area contributed by atoms with Gasteiger partial charge in [-0.1, -0.05) is 0 Å². The number of carbonyl (C=O) groups is 1. The van der Waals surface area contributed by atoms with Crippen molar-refractivity contribution in [2.45, 2.75) is 39.2 Å². The monoisotopic (exact) mass is 235 g/mol. The van der Waals surface area contributed by atoms with Gasteiger partial charge in [-0.15, -0.1) is 5.10 Å². The normalized spacial score (nSPS) is 23.7. The van der Waals surface area contributed by atoms with Gasteiger partial charge in [-0.2, -0.15) is 5.10 Å². The number of carbonyl (C=O) groups excluding carboxylic acids is 1. The van der Waals surface area contributed by atoms with E-state index in [9.17, 15) is 4.79 Å². The number of anilines is 1. The van der Waals surface area contributed by atoms with Gasteiger partial charge in [-0.05, 0) is 40.2 Å². The van der Waals surface area contributed by atoms with Crippen LogP contribution in [-0.2, 0) is 4.79 Å². The van der Waals surface area contributed by atoms with Crippen LogP contribution in [0.5, 0.6) is 0 Å². The lowest BCUT2D eigenvalue weighted by atomic mass is 10.00. The van der Waals surface area contributed by atoms with Crippen LogP contribution in [0.1, 0.15) is 31.2 Å². The molecule has 0 saturated carbocycles. The molecule has 2 heterocycles. The quantitative estimate of drug-likeness (QED) is 0.783. The van der Waals surface area contributed by atoms with E-state index in [1.807, 2.05) is 20.8 Å². The molecule has 92 valence electrons. The largest absolute Gasteiger partial charge is 0.304 e. The van der Waals surface area contributed by atoms with Gasteiger partial charge < -0.3 is 5.32 Å². The van der Waals surface area contributed by atoms with Gasteiger partial charge in [0, 0.05) is 0 Å². The van der Waals surface area contributed by atoms with E-state index in [4.69, 9.17) is 0 Å². The van der Waals surface area contributed by atoms with Crippen molar-refractivity contribution in [3.05, 3.63) is 11.4 Å². The molecule has 1 aliphatic rings. The van der Waals surface area contributed by atoms with E-state index in [2.05, 4.69) is 25.8 Å². The van der Waals surface area contributed by atoms with E-state index in [0.717, 1.165) is 30.8 Å². The molecular weight excluding hydrogens is 218 g/mol. The molecule has 17 heavy (non-hydrogen) atoms. The smallest absolute Gasteiger partial charge is 0.249 e. The number of aromatic nitrogens is 3. The van der Waals surface area contributed by atoms with Gasteiger partial charge in [0.2, 0.25) is 11.9 Å². The summed E-state index contributed by atoms with van der Waals surface area (Å²) in [5.41, 5.74) is 1.04. The minimum absolute atomic E-state index is 0.0972. The Bertz CT molecular complexity index is 439. The highest BCUT2D eigenvalue weighted by molar-refractivity contribution is 5.96. The molecule has 0 aromatic carbocycles. The van der Waals surface area contributed by atoms with Crippen LogP contribution in [0.2, 0.25) is 0 Å². The Labute approximate surface area is 100 Å². The maximum absolute atomic E-state index is 12.1. The minimum Gasteiger partial charge on any atom is -0.304 e. The number of nitrogens with one attached hydrogen (secondary N) is 2. The molecule has 0 spiro atoms. The Morgan fingerprint density at radius 2 is 2.12 bits per heavy atom. The van der Waals surface area contributed by atoms with Crippen LogP contribution in [0.3, 0.4) is 0 Å². The molecular formula is C11H17N5O. The molecule has 1 saturated heterocycles. The van der Waals surface area contributed by atoms with Gasteiger partial charge in [-0.3, -0.25) is 10.1 Å². The van der Waals surface area contributed by atoms with Crippen molar-refractivity contribution in [3.63, 3.8) is 0 Å². The average Bonchev–Trinajstić information content (AvgIpc) is 2.72. The zero-order valence-electron chi connectivity index (χ0n) is 10.4. The fraction of sp³-hybridized carbons (Fsp3) is 0.636. The summed E-state index contributed by atoms with van der Waals surface area (Å²) in [6.45, 7) is 6.44. The van der Waals surface area contributed by atoms with Crippen molar-refractivity contribution in [3.8, 4) is 0 Å². The second-order valence-corrected chi connectivity index (χ2v) is 4.62. The van der Waals surface area contributed by atoms with Crippen LogP contribution in [0.4, 0.5) is 5.95 Å². The number of rotatable bonds is 2. The molecule has 1 aromatic rings. The van der Waals surface area contributed by atoms with Crippen LogP contribution in [0.25, 0.3) is 0 Å². The summed E-state index contributed by atoms with van der Waals surface area (Å²) in [6, 6.07) is 0. The summed E-state index contributed by atoms with van der Waals surface area (Å²) in [7, 11) is 0. The summed E-state index contributed by atoms with van der Waals surface area (Å²) in [6.07, 6.45) is 1.84. The van der Waals surface area contributed by atoms with E-state index in [-0.39, 0.29) is 11.9 Å². The molecule has 1 aliphatic heterocycles. The van der Waals surface area contributed by atoms with Crippen LogP contribution in [0.15, 0.2) is 0 Å². The summed E-state index contributed by atoms with van der Waals surface area (Å²) in [5.74, 6) is 0.174. The highest BCUT2D eigenvalue weighted by Gasteiger charge is 2.36. The Morgan fingerprint density at radius 3 is 2.71 bits per heavy atom. The van der Waals surface area contributed by atoms with Gasteiger partial charge in [0.05, 0.1) is 16.9 Å². The van der Waals surface area contributed by atoms with Gasteiger partial charge in [0.1, 0.15) is 0 Å². The first-order valence-electron chi connectivity index (χ1n) is 5.76. The van der Waals surface area contributed by atoms with Crippen LogP contribution >= 0.6 is 0 Å². The predicted octanol–water partition coefficient (Wildman–Crippen LogP) is 0.569. The van der Waals surface area contributed by atoms with E-state index in [1.165, 1.54) is 0 Å². The Balaban J connectivity index is 2.10. The Kier molecular flexibility index (Phi) is 3.06. The maximum atomic E-state index is 12.1. The number of amides is 1. The van der Waals surface area contributed by atoms with Crippen molar-refractivity contribution in [2.24, 2.45) is 0 Å². The van der Waals surface area contributed by atoms with Crippen molar-refractivity contribution in [2.75, 3.05) is 11.9 Å². The number of aryl methyl sites for hydroxylation is 2. The van der Waals surface area contributed by atoms with Gasteiger partial charge in [0.25, 0.3) is 0 Å². The van der Waals surface area contributed by atoms with Crippen LogP contribution in [-0.4, -0.2) is 33.2 Å². The fourth-order valence-electron chi connectivity index (χ4n) is 1.84. The third-order valence-corrected chi connectivity index (χ3v) is 3.19. The maximum Gasteiger partial charge on any atom is 0.249 e. The number of hydrogen-bond acceptors (Lipinski definition) is 5. The molecule has 6 nitrogen and oxygen atoms in total. The summed E-state index contributed by atoms with van der Waals surface area (Å²) in [5, 5.41) is 13.7. The average molecular weight is 235 g/mol. The summed E-state index contributed by atoms with van der Waals surface area (Å²) >= 11 is 0. The van der Waals surface area contributed by atoms with E-state index in [0.29, 0.717) is 0 Å². The first-order chi connectivity index (χ1) is 8.01. The molecule has 2 rings (SSSR count). The number of nitrogens with zero attached hydrogens (tertiary/aromatic N) is 3. The standard InChI is InChI=1S/C11H17N5O/c1-7-8(2)15-16-10(13-7)14-9(17)11(3)5-4-6-12-11/h12H,4-6H2,1-3H3,(H,13,14,16,17). The molecule has 1 unspecified atom stereocenters. The lowest BCUT2D eigenvalue weighted by Crippen LogP contribution is -2.48. The zero-order chi connectivity index (χ0) is 12.5. The van der Waals surface area contributed by atoms with Gasteiger partial charge in [0.15, 0.2) is 0 Å². The molecule has 0 radical (unpaired) electrons. The summed E-state index contributed by atoms with van der Waals surface area (Å²) < 4.78 is 0. The molecule has 1 aromatic heterocycles. The molecule has 1 atom stereocenters. The molecule has 0 aliphatic carbocycles. The summed E-state index contributed by atoms with van der Waals surface area (Å²) in [4.78, 5) is 16.2. The second-order valence-electron chi connectivity index (χ2n) is 4.62. The first kappa shape index (κ1) is 11.9. The highest BCUT2D eigenvalue weighted by atomic mass is 16.2. The van der Waals surface area contributed by atoms with Crippen molar-refractivity contribution < 1.29 is 4.79 Å². The number of hydrogen-bond donors (Lipinski definition) is 2. The third-order valence-electron chi connectivity index (χ3n) is 3.19. The molecule has 1 fully saturated rings. The highest BCUT2D eigenvalue weighted by Crippen LogP contribution is 2.19. The van der Waals surface area contributed by atoms with Crippen LogP contribution < -0.4 is 10.6 Å². The molecule has 0 bridgehead atoms. The topological polar surface area (TPSA) is 79.8 Å². The van der Waals surface area contributed by atoms with E-state index in [1.54, 1.807) is 0 Å². The lowest BCUT2D eigenvalue weighted by molar-refractivity contribution is -0.121. The van der Waals surface area contributed by atoms with Crippen LogP contribution in [0, 0.1) is 13.8 Å². The SMILES string of the molecule is Cc1nnc(NC(=O)C2(C)CCCN2)nc1C. The minimum atomic E-state index is -0.512. The molecule has 1 amide bonds. The Morgan fingerprint density at radius 1 is 1.35 bits per heavy atom. The van der Waals surface area contributed by atoms with E-state index < -0.39 is 5.54 Å².